The lowest BCUT2D eigenvalue weighted by Gasteiger charge is -2.06. The Morgan fingerprint density at radius 1 is 0.382 bits per heavy atom. The number of hydrogen-bond acceptors (Lipinski definition) is 4. The number of rotatable bonds is 27. The van der Waals surface area contributed by atoms with E-state index >= 15 is 0 Å². The number of carbonyl (C=O) groups is 2. The third-order valence-corrected chi connectivity index (χ3v) is 6.53. The van der Waals surface area contributed by atoms with Crippen molar-refractivity contribution in [2.75, 3.05) is 13.2 Å². The molecule has 0 aromatic carbocycles. The highest BCUT2D eigenvalue weighted by atomic mass is 16.5. The molecule has 0 bridgehead atoms. The van der Waals surface area contributed by atoms with Crippen LogP contribution in [0.5, 0.6) is 0 Å². The minimum Gasteiger partial charge on any atom is -0.466 e. The number of unbranched alkanes of at least 4 members (excludes halogenated alkanes) is 19. The van der Waals surface area contributed by atoms with Crippen molar-refractivity contribution in [3.05, 3.63) is 0 Å². The topological polar surface area (TPSA) is 52.6 Å². The quantitative estimate of drug-likeness (QED) is 0.0864. The van der Waals surface area contributed by atoms with Gasteiger partial charge in [-0.25, -0.2) is 0 Å². The van der Waals surface area contributed by atoms with Gasteiger partial charge in [-0.1, -0.05) is 129 Å². The Kier molecular flexibility index (Phi) is 27.3. The predicted octanol–water partition coefficient (Wildman–Crippen LogP) is 9.48. The highest BCUT2D eigenvalue weighted by molar-refractivity contribution is 5.69. The van der Waals surface area contributed by atoms with E-state index in [4.69, 9.17) is 9.47 Å². The summed E-state index contributed by atoms with van der Waals surface area (Å²) in [4.78, 5) is 23.2. The number of carbonyl (C=O) groups excluding carboxylic acids is 2. The van der Waals surface area contributed by atoms with Gasteiger partial charge < -0.3 is 9.47 Å². The highest BCUT2D eigenvalue weighted by Crippen LogP contribution is 2.13. The Morgan fingerprint density at radius 2 is 0.647 bits per heavy atom. The smallest absolute Gasteiger partial charge is 0.305 e. The highest BCUT2D eigenvalue weighted by Gasteiger charge is 2.03. The van der Waals surface area contributed by atoms with Crippen molar-refractivity contribution in [1.29, 1.82) is 0 Å². The summed E-state index contributed by atoms with van der Waals surface area (Å²) in [5.74, 6) is -0.0183. The second-order valence-corrected chi connectivity index (χ2v) is 10.0. The summed E-state index contributed by atoms with van der Waals surface area (Å²) in [5, 5.41) is 0. The molecule has 4 nitrogen and oxygen atoms in total. The molecule has 4 heteroatoms. The van der Waals surface area contributed by atoms with Gasteiger partial charge in [-0.15, -0.1) is 0 Å². The van der Waals surface area contributed by atoms with Crippen molar-refractivity contribution >= 4 is 11.9 Å². The van der Waals surface area contributed by atoms with Crippen LogP contribution in [0.2, 0.25) is 0 Å². The SMILES string of the molecule is CCCCCCC(=O)OCCCCCCCCCCCCCCCCOC(=O)CCCCCC. The summed E-state index contributed by atoms with van der Waals surface area (Å²) in [7, 11) is 0. The largest absolute Gasteiger partial charge is 0.466 e. The van der Waals surface area contributed by atoms with Crippen LogP contribution >= 0.6 is 0 Å². The van der Waals surface area contributed by atoms with Gasteiger partial charge in [0.25, 0.3) is 0 Å². The van der Waals surface area contributed by atoms with Gasteiger partial charge in [0, 0.05) is 12.8 Å². The number of esters is 2. The van der Waals surface area contributed by atoms with Crippen LogP contribution in [0.25, 0.3) is 0 Å². The van der Waals surface area contributed by atoms with Crippen LogP contribution in [0.4, 0.5) is 0 Å². The third-order valence-electron chi connectivity index (χ3n) is 6.53. The first-order valence-electron chi connectivity index (χ1n) is 15.0. The van der Waals surface area contributed by atoms with Crippen molar-refractivity contribution in [2.24, 2.45) is 0 Å². The molecule has 0 aliphatic heterocycles. The van der Waals surface area contributed by atoms with Crippen LogP contribution in [-0.2, 0) is 19.1 Å². The summed E-state index contributed by atoms with van der Waals surface area (Å²) >= 11 is 0. The normalized spacial score (nSPS) is 11.0. The maximum Gasteiger partial charge on any atom is 0.305 e. The summed E-state index contributed by atoms with van der Waals surface area (Å²) in [6.07, 6.45) is 28.0. The van der Waals surface area contributed by atoms with E-state index in [1.807, 2.05) is 0 Å². The Hall–Kier alpha value is -1.06. The standard InChI is InChI=1S/C30H58O4/c1-3-5-7-21-25-29(31)33-27-23-19-17-15-13-11-9-10-12-14-16-18-20-24-28-34-30(32)26-22-8-6-4-2/h3-28H2,1-2H3. The zero-order valence-corrected chi connectivity index (χ0v) is 23.0. The van der Waals surface area contributed by atoms with Crippen molar-refractivity contribution in [3.63, 3.8) is 0 Å². The van der Waals surface area contributed by atoms with Crippen molar-refractivity contribution in [3.8, 4) is 0 Å². The first-order chi connectivity index (χ1) is 16.7. The molecule has 0 saturated carbocycles. The Labute approximate surface area is 212 Å². The molecule has 0 aromatic heterocycles. The van der Waals surface area contributed by atoms with Gasteiger partial charge in [0.1, 0.15) is 0 Å². The lowest BCUT2D eigenvalue weighted by atomic mass is 10.0. The minimum absolute atomic E-state index is 0.00916. The van der Waals surface area contributed by atoms with Gasteiger partial charge in [-0.2, -0.15) is 0 Å². The fourth-order valence-electron chi connectivity index (χ4n) is 4.23. The second-order valence-electron chi connectivity index (χ2n) is 10.0. The number of hydrogen-bond donors (Lipinski definition) is 0. The fourth-order valence-corrected chi connectivity index (χ4v) is 4.23. The van der Waals surface area contributed by atoms with Gasteiger partial charge in [0.2, 0.25) is 0 Å². The minimum atomic E-state index is -0.00916. The molecular weight excluding hydrogens is 424 g/mol. The maximum absolute atomic E-state index is 11.6. The van der Waals surface area contributed by atoms with Gasteiger partial charge >= 0.3 is 11.9 Å². The van der Waals surface area contributed by atoms with E-state index in [0.717, 1.165) is 38.5 Å². The molecular formula is C30H58O4. The molecule has 0 aliphatic rings. The zero-order chi connectivity index (χ0) is 25.0. The lowest BCUT2D eigenvalue weighted by molar-refractivity contribution is -0.144. The molecule has 202 valence electrons. The summed E-state index contributed by atoms with van der Waals surface area (Å²) in [6.45, 7) is 5.58. The van der Waals surface area contributed by atoms with Gasteiger partial charge in [0.15, 0.2) is 0 Å². The number of ether oxygens (including phenoxy) is 2. The van der Waals surface area contributed by atoms with Gasteiger partial charge in [-0.3, -0.25) is 9.59 Å². The van der Waals surface area contributed by atoms with Crippen LogP contribution in [0.1, 0.15) is 168 Å². The van der Waals surface area contributed by atoms with Crippen LogP contribution in [0.3, 0.4) is 0 Å². The average Bonchev–Trinajstić information content (AvgIpc) is 2.83. The van der Waals surface area contributed by atoms with E-state index in [2.05, 4.69) is 13.8 Å². The molecule has 0 spiro atoms. The Balaban J connectivity index is 3.15. The monoisotopic (exact) mass is 482 g/mol. The zero-order valence-electron chi connectivity index (χ0n) is 23.0. The van der Waals surface area contributed by atoms with Gasteiger partial charge in [0.05, 0.1) is 13.2 Å². The molecule has 0 fully saturated rings. The summed E-state index contributed by atoms with van der Waals surface area (Å²) < 4.78 is 10.6. The Morgan fingerprint density at radius 3 is 0.941 bits per heavy atom. The van der Waals surface area contributed by atoms with Crippen LogP contribution in [0, 0.1) is 0 Å². The van der Waals surface area contributed by atoms with Crippen molar-refractivity contribution < 1.29 is 19.1 Å². The van der Waals surface area contributed by atoms with E-state index in [1.54, 1.807) is 0 Å². The van der Waals surface area contributed by atoms with E-state index in [-0.39, 0.29) is 11.9 Å². The summed E-state index contributed by atoms with van der Waals surface area (Å²) in [5.41, 5.74) is 0. The molecule has 0 aliphatic carbocycles. The molecule has 0 rings (SSSR count). The van der Waals surface area contributed by atoms with E-state index in [1.165, 1.54) is 103 Å². The molecule has 34 heavy (non-hydrogen) atoms. The molecule has 0 aromatic rings. The first kappa shape index (κ1) is 32.9. The molecule has 0 unspecified atom stereocenters. The van der Waals surface area contributed by atoms with E-state index in [9.17, 15) is 9.59 Å². The molecule has 0 atom stereocenters. The van der Waals surface area contributed by atoms with Gasteiger partial charge in [-0.05, 0) is 25.7 Å². The molecule has 0 saturated heterocycles. The second kappa shape index (κ2) is 28.2. The third kappa shape index (κ3) is 27.2. The molecule has 0 heterocycles. The average molecular weight is 483 g/mol. The fraction of sp³-hybridized carbons (Fsp3) is 0.933. The molecule has 0 radical (unpaired) electrons. The van der Waals surface area contributed by atoms with Crippen LogP contribution in [0.15, 0.2) is 0 Å². The lowest BCUT2D eigenvalue weighted by Crippen LogP contribution is -2.05. The molecule has 0 amide bonds. The van der Waals surface area contributed by atoms with Crippen molar-refractivity contribution in [1.82, 2.24) is 0 Å². The van der Waals surface area contributed by atoms with E-state index in [0.29, 0.717) is 26.1 Å². The first-order valence-corrected chi connectivity index (χ1v) is 15.0. The maximum atomic E-state index is 11.6. The summed E-state index contributed by atoms with van der Waals surface area (Å²) in [6, 6.07) is 0. The van der Waals surface area contributed by atoms with Crippen molar-refractivity contribution in [2.45, 2.75) is 168 Å². The van der Waals surface area contributed by atoms with Crippen LogP contribution < -0.4 is 0 Å². The van der Waals surface area contributed by atoms with E-state index < -0.39 is 0 Å². The molecule has 0 N–H and O–H groups in total. The predicted molar refractivity (Wildman–Crippen MR) is 144 cm³/mol. The van der Waals surface area contributed by atoms with Crippen LogP contribution in [-0.4, -0.2) is 25.2 Å². The Bertz CT molecular complexity index is 396.